The standard InChI is InChI=1S/C28H32N2O8/c1-4-14-36-28(33)24-18-23(20-30-29-19-22-10-8-21(3)9-11-22)12-13-25(24)38-37-15-6-7-27(32)35-17-16-34-26(31)5-2/h5,8-13,18-20H,2,4,6-7,14-17H2,1,3H3/b29-19+,30-20+. The van der Waals surface area contributed by atoms with Gasteiger partial charge in [0.1, 0.15) is 18.8 Å². The van der Waals surface area contributed by atoms with Gasteiger partial charge in [-0.05, 0) is 49.1 Å². The van der Waals surface area contributed by atoms with Crippen molar-refractivity contribution in [2.45, 2.75) is 33.1 Å². The molecule has 202 valence electrons. The van der Waals surface area contributed by atoms with E-state index in [2.05, 4.69) is 16.8 Å². The minimum atomic E-state index is -0.587. The molecular formula is C28H32N2O8. The molecule has 0 aliphatic heterocycles. The van der Waals surface area contributed by atoms with Gasteiger partial charge in [0.2, 0.25) is 0 Å². The first kappa shape index (κ1) is 29.9. The van der Waals surface area contributed by atoms with Crippen LogP contribution < -0.4 is 4.89 Å². The third kappa shape index (κ3) is 11.6. The number of nitrogens with zero attached hydrogens (tertiary/aromatic N) is 2. The summed E-state index contributed by atoms with van der Waals surface area (Å²) >= 11 is 0. The number of esters is 3. The summed E-state index contributed by atoms with van der Waals surface area (Å²) in [7, 11) is 0. The van der Waals surface area contributed by atoms with Crippen molar-refractivity contribution in [1.82, 2.24) is 0 Å². The Bertz CT molecular complexity index is 1130. The zero-order valence-electron chi connectivity index (χ0n) is 21.6. The first-order valence-electron chi connectivity index (χ1n) is 12.1. The van der Waals surface area contributed by atoms with Gasteiger partial charge in [-0.25, -0.2) is 9.59 Å². The normalized spacial score (nSPS) is 10.9. The van der Waals surface area contributed by atoms with E-state index in [9.17, 15) is 14.4 Å². The summed E-state index contributed by atoms with van der Waals surface area (Å²) in [6.07, 6.45) is 5.21. The van der Waals surface area contributed by atoms with Gasteiger partial charge in [-0.15, -0.1) is 0 Å². The van der Waals surface area contributed by atoms with Crippen LogP contribution in [0.4, 0.5) is 0 Å². The van der Waals surface area contributed by atoms with Gasteiger partial charge in [-0.1, -0.05) is 43.3 Å². The highest BCUT2D eigenvalue weighted by molar-refractivity contribution is 5.95. The number of hydrogen-bond acceptors (Lipinski definition) is 10. The monoisotopic (exact) mass is 524 g/mol. The van der Waals surface area contributed by atoms with Crippen LogP contribution in [-0.2, 0) is 28.7 Å². The maximum atomic E-state index is 12.6. The van der Waals surface area contributed by atoms with Crippen molar-refractivity contribution in [2.75, 3.05) is 26.4 Å². The molecule has 0 saturated carbocycles. The topological polar surface area (TPSA) is 122 Å². The van der Waals surface area contributed by atoms with Gasteiger partial charge in [0.05, 0.1) is 25.6 Å². The molecule has 38 heavy (non-hydrogen) atoms. The van der Waals surface area contributed by atoms with E-state index in [-0.39, 0.29) is 44.2 Å². The van der Waals surface area contributed by atoms with Crippen molar-refractivity contribution >= 4 is 30.3 Å². The van der Waals surface area contributed by atoms with E-state index in [1.165, 1.54) is 6.21 Å². The zero-order chi connectivity index (χ0) is 27.6. The lowest BCUT2D eigenvalue weighted by Crippen LogP contribution is -2.13. The molecule has 0 atom stereocenters. The first-order chi connectivity index (χ1) is 18.4. The van der Waals surface area contributed by atoms with E-state index >= 15 is 0 Å². The van der Waals surface area contributed by atoms with Crippen molar-refractivity contribution < 1.29 is 38.4 Å². The van der Waals surface area contributed by atoms with Crippen molar-refractivity contribution in [3.05, 3.63) is 77.4 Å². The third-order valence-electron chi connectivity index (χ3n) is 4.73. The Morgan fingerprint density at radius 2 is 1.55 bits per heavy atom. The molecule has 2 rings (SSSR count). The van der Waals surface area contributed by atoms with Crippen LogP contribution in [0.5, 0.6) is 5.75 Å². The molecule has 0 heterocycles. The molecule has 0 spiro atoms. The largest absolute Gasteiger partial charge is 0.462 e. The fourth-order valence-corrected chi connectivity index (χ4v) is 2.79. The van der Waals surface area contributed by atoms with Gasteiger partial charge in [0.25, 0.3) is 0 Å². The lowest BCUT2D eigenvalue weighted by molar-refractivity contribution is -0.208. The molecule has 10 nitrogen and oxygen atoms in total. The molecule has 0 radical (unpaired) electrons. The second-order valence-electron chi connectivity index (χ2n) is 7.89. The Kier molecular flexibility index (Phi) is 13.5. The number of carbonyl (C=O) groups excluding carboxylic acids is 3. The number of aryl methyl sites for hydroxylation is 1. The number of benzene rings is 2. The number of hydrogen-bond donors (Lipinski definition) is 0. The fraction of sp³-hybridized carbons (Fsp3) is 0.321. The minimum Gasteiger partial charge on any atom is -0.462 e. The first-order valence-corrected chi connectivity index (χ1v) is 12.1. The highest BCUT2D eigenvalue weighted by Gasteiger charge is 2.16. The van der Waals surface area contributed by atoms with E-state index in [0.717, 1.165) is 17.2 Å². The Morgan fingerprint density at radius 1 is 0.868 bits per heavy atom. The second-order valence-corrected chi connectivity index (χ2v) is 7.89. The summed E-state index contributed by atoms with van der Waals surface area (Å²) in [6.45, 7) is 7.40. The molecule has 0 aliphatic carbocycles. The number of ether oxygens (including phenoxy) is 3. The van der Waals surface area contributed by atoms with Crippen molar-refractivity contribution in [3.8, 4) is 5.75 Å². The second kappa shape index (κ2) is 17.2. The Balaban J connectivity index is 1.87. The van der Waals surface area contributed by atoms with E-state index in [1.54, 1.807) is 24.4 Å². The number of carbonyl (C=O) groups is 3. The van der Waals surface area contributed by atoms with Crippen LogP contribution in [0.3, 0.4) is 0 Å². The van der Waals surface area contributed by atoms with Gasteiger partial charge < -0.3 is 19.1 Å². The van der Waals surface area contributed by atoms with Gasteiger partial charge in [-0.3, -0.25) is 4.79 Å². The molecule has 0 aromatic heterocycles. The van der Waals surface area contributed by atoms with Crippen LogP contribution >= 0.6 is 0 Å². The highest BCUT2D eigenvalue weighted by atomic mass is 17.2. The molecule has 0 unspecified atom stereocenters. The average Bonchev–Trinajstić information content (AvgIpc) is 2.93. The Labute approximate surface area is 221 Å². The van der Waals surface area contributed by atoms with Crippen LogP contribution in [0.15, 0.2) is 65.3 Å². The Hall–Kier alpha value is -4.31. The highest BCUT2D eigenvalue weighted by Crippen LogP contribution is 2.21. The third-order valence-corrected chi connectivity index (χ3v) is 4.73. The van der Waals surface area contributed by atoms with Crippen LogP contribution in [-0.4, -0.2) is 56.8 Å². The molecule has 0 aliphatic rings. The molecular weight excluding hydrogens is 492 g/mol. The number of rotatable bonds is 16. The lowest BCUT2D eigenvalue weighted by atomic mass is 10.1. The van der Waals surface area contributed by atoms with Gasteiger partial charge in [0, 0.05) is 12.5 Å². The van der Waals surface area contributed by atoms with Crippen molar-refractivity contribution in [3.63, 3.8) is 0 Å². The van der Waals surface area contributed by atoms with E-state index < -0.39 is 17.9 Å². The molecule has 2 aromatic carbocycles. The molecule has 0 saturated heterocycles. The summed E-state index contributed by atoms with van der Waals surface area (Å²) in [5.74, 6) is -1.46. The molecule has 0 fully saturated rings. The van der Waals surface area contributed by atoms with Crippen LogP contribution in [0.25, 0.3) is 0 Å². The molecule has 0 N–H and O–H groups in total. The molecule has 0 amide bonds. The van der Waals surface area contributed by atoms with E-state index in [1.807, 2.05) is 38.1 Å². The van der Waals surface area contributed by atoms with Gasteiger partial charge in [-0.2, -0.15) is 15.1 Å². The van der Waals surface area contributed by atoms with Crippen molar-refractivity contribution in [1.29, 1.82) is 0 Å². The summed E-state index contributed by atoms with van der Waals surface area (Å²) in [5, 5.41) is 8.08. The predicted octanol–water partition coefficient (Wildman–Crippen LogP) is 4.38. The van der Waals surface area contributed by atoms with Crippen molar-refractivity contribution in [2.24, 2.45) is 10.2 Å². The quantitative estimate of drug-likeness (QED) is 0.0603. The zero-order valence-corrected chi connectivity index (χ0v) is 21.6. The SMILES string of the molecule is C=CC(=O)OCCOC(=O)CCCOOc1ccc(/C=N/N=C/c2ccc(C)cc2)cc1C(=O)OCCC. The minimum absolute atomic E-state index is 0.0487. The average molecular weight is 525 g/mol. The summed E-state index contributed by atoms with van der Waals surface area (Å²) in [4.78, 5) is 45.7. The maximum absolute atomic E-state index is 12.6. The van der Waals surface area contributed by atoms with E-state index in [4.69, 9.17) is 24.0 Å². The van der Waals surface area contributed by atoms with Gasteiger partial charge in [0.15, 0.2) is 5.75 Å². The summed E-state index contributed by atoms with van der Waals surface area (Å²) in [6, 6.07) is 12.7. The van der Waals surface area contributed by atoms with Gasteiger partial charge >= 0.3 is 17.9 Å². The predicted molar refractivity (Wildman–Crippen MR) is 141 cm³/mol. The van der Waals surface area contributed by atoms with E-state index in [0.29, 0.717) is 18.4 Å². The molecule has 2 aromatic rings. The lowest BCUT2D eigenvalue weighted by Gasteiger charge is -2.11. The van der Waals surface area contributed by atoms with Crippen LogP contribution in [0, 0.1) is 6.92 Å². The smallest absolute Gasteiger partial charge is 0.342 e. The molecule has 10 heteroatoms. The van der Waals surface area contributed by atoms with Crippen LogP contribution in [0.1, 0.15) is 53.2 Å². The fourth-order valence-electron chi connectivity index (χ4n) is 2.79. The summed E-state index contributed by atoms with van der Waals surface area (Å²) in [5.41, 5.74) is 2.85. The summed E-state index contributed by atoms with van der Waals surface area (Å²) < 4.78 is 14.9. The molecule has 0 bridgehead atoms. The Morgan fingerprint density at radius 3 is 2.26 bits per heavy atom. The van der Waals surface area contributed by atoms with Crippen LogP contribution in [0.2, 0.25) is 0 Å². The maximum Gasteiger partial charge on any atom is 0.342 e.